The topological polar surface area (TPSA) is 64.2 Å². The zero-order valence-electron chi connectivity index (χ0n) is 13.7. The van der Waals surface area contributed by atoms with Gasteiger partial charge in [0.1, 0.15) is 0 Å². The summed E-state index contributed by atoms with van der Waals surface area (Å²) in [6.07, 6.45) is 5.00. The molecular weight excluding hydrogens is 312 g/mol. The number of nitrogens with zero attached hydrogens (tertiary/aromatic N) is 4. The highest BCUT2D eigenvalue weighted by Gasteiger charge is 2.29. The average Bonchev–Trinajstić information content (AvgIpc) is 3.14. The predicted molar refractivity (Wildman–Crippen MR) is 89.1 cm³/mol. The van der Waals surface area contributed by atoms with Crippen LogP contribution >= 0.6 is 11.8 Å². The van der Waals surface area contributed by atoms with E-state index in [0.717, 1.165) is 18.0 Å². The zero-order valence-corrected chi connectivity index (χ0v) is 14.5. The van der Waals surface area contributed by atoms with Gasteiger partial charge in [-0.15, -0.1) is 10.2 Å². The molecule has 23 heavy (non-hydrogen) atoms. The number of furan rings is 1. The van der Waals surface area contributed by atoms with Crippen LogP contribution in [0.5, 0.6) is 0 Å². The fourth-order valence-electron chi connectivity index (χ4n) is 3.17. The van der Waals surface area contributed by atoms with Crippen LogP contribution < -0.4 is 0 Å². The maximum atomic E-state index is 12.6. The van der Waals surface area contributed by atoms with Crippen LogP contribution in [-0.4, -0.2) is 43.4 Å². The van der Waals surface area contributed by atoms with Crippen molar-refractivity contribution in [3.05, 3.63) is 18.4 Å². The molecule has 0 aromatic carbocycles. The average molecular weight is 334 g/mol. The molecule has 3 heterocycles. The van der Waals surface area contributed by atoms with Gasteiger partial charge in [-0.3, -0.25) is 4.79 Å². The van der Waals surface area contributed by atoms with Crippen molar-refractivity contribution in [1.82, 2.24) is 19.7 Å². The van der Waals surface area contributed by atoms with Crippen molar-refractivity contribution >= 4 is 17.7 Å². The van der Waals surface area contributed by atoms with E-state index < -0.39 is 0 Å². The molecule has 0 N–H and O–H groups in total. The Balaban J connectivity index is 1.65. The summed E-state index contributed by atoms with van der Waals surface area (Å²) in [5, 5.41) is 9.05. The van der Waals surface area contributed by atoms with E-state index in [0.29, 0.717) is 29.4 Å². The van der Waals surface area contributed by atoms with E-state index in [2.05, 4.69) is 24.0 Å². The second-order valence-electron chi connectivity index (χ2n) is 6.06. The molecule has 2 aromatic rings. The van der Waals surface area contributed by atoms with E-state index in [1.54, 1.807) is 6.26 Å². The molecule has 124 valence electrons. The van der Waals surface area contributed by atoms with Crippen molar-refractivity contribution in [3.63, 3.8) is 0 Å². The van der Waals surface area contributed by atoms with Gasteiger partial charge >= 0.3 is 0 Å². The lowest BCUT2D eigenvalue weighted by atomic mass is 9.98. The first-order valence-electron chi connectivity index (χ1n) is 7.95. The summed E-state index contributed by atoms with van der Waals surface area (Å²) in [6, 6.07) is 4.32. The van der Waals surface area contributed by atoms with Gasteiger partial charge in [0.2, 0.25) is 5.91 Å². The van der Waals surface area contributed by atoms with Gasteiger partial charge in [-0.1, -0.05) is 11.8 Å². The van der Waals surface area contributed by atoms with Gasteiger partial charge in [0.15, 0.2) is 16.7 Å². The Hall–Kier alpha value is -1.76. The first-order valence-corrected chi connectivity index (χ1v) is 8.93. The molecule has 0 unspecified atom stereocenters. The lowest BCUT2D eigenvalue weighted by molar-refractivity contribution is -0.134. The largest absolute Gasteiger partial charge is 0.461 e. The van der Waals surface area contributed by atoms with Crippen LogP contribution in [0.2, 0.25) is 0 Å². The normalized spacial score (nSPS) is 21.6. The number of piperidine rings is 1. The first kappa shape index (κ1) is 16.1. The van der Waals surface area contributed by atoms with Crippen LogP contribution in [0.4, 0.5) is 0 Å². The molecule has 1 aliphatic rings. The Bertz CT molecular complexity index is 658. The zero-order chi connectivity index (χ0) is 16.4. The minimum Gasteiger partial charge on any atom is -0.461 e. The third-order valence-corrected chi connectivity index (χ3v) is 5.39. The standard InChI is InChI=1S/C16H22N4O2S/c1-11-6-4-7-12(2)20(11)14(21)10-23-16-18-17-15(19(16)3)13-8-5-9-22-13/h5,8-9,11-12H,4,6-7,10H2,1-3H3/t11-,12-/m0/s1. The fourth-order valence-corrected chi connectivity index (χ4v) is 3.95. The molecule has 6 nitrogen and oxygen atoms in total. The maximum absolute atomic E-state index is 12.6. The highest BCUT2D eigenvalue weighted by Crippen LogP contribution is 2.26. The van der Waals surface area contributed by atoms with Gasteiger partial charge in [-0.25, -0.2) is 0 Å². The van der Waals surface area contributed by atoms with Gasteiger partial charge in [0.05, 0.1) is 12.0 Å². The van der Waals surface area contributed by atoms with Crippen molar-refractivity contribution in [2.75, 3.05) is 5.75 Å². The smallest absolute Gasteiger partial charge is 0.233 e. The Morgan fingerprint density at radius 1 is 1.35 bits per heavy atom. The first-order chi connectivity index (χ1) is 11.1. The molecule has 0 aliphatic carbocycles. The summed E-state index contributed by atoms with van der Waals surface area (Å²) in [4.78, 5) is 14.6. The van der Waals surface area contributed by atoms with E-state index in [1.807, 2.05) is 28.6 Å². The molecule has 0 radical (unpaired) electrons. The summed E-state index contributed by atoms with van der Waals surface area (Å²) in [5.41, 5.74) is 0. The van der Waals surface area contributed by atoms with Gasteiger partial charge in [0, 0.05) is 19.1 Å². The van der Waals surface area contributed by atoms with Crippen molar-refractivity contribution in [1.29, 1.82) is 0 Å². The Kier molecular flexibility index (Phi) is 4.75. The highest BCUT2D eigenvalue weighted by molar-refractivity contribution is 7.99. The summed E-state index contributed by atoms with van der Waals surface area (Å²) < 4.78 is 7.22. The number of carbonyl (C=O) groups excluding carboxylic acids is 1. The summed E-state index contributed by atoms with van der Waals surface area (Å²) in [5.74, 6) is 1.91. The molecule has 7 heteroatoms. The fraction of sp³-hybridized carbons (Fsp3) is 0.562. The van der Waals surface area contributed by atoms with E-state index in [4.69, 9.17) is 4.42 Å². The van der Waals surface area contributed by atoms with Crippen LogP contribution in [0.25, 0.3) is 11.6 Å². The van der Waals surface area contributed by atoms with Gasteiger partial charge in [-0.2, -0.15) is 0 Å². The van der Waals surface area contributed by atoms with E-state index in [-0.39, 0.29) is 5.91 Å². The van der Waals surface area contributed by atoms with Crippen molar-refractivity contribution < 1.29 is 9.21 Å². The Morgan fingerprint density at radius 3 is 2.74 bits per heavy atom. The van der Waals surface area contributed by atoms with E-state index >= 15 is 0 Å². The molecule has 1 aliphatic heterocycles. The third-order valence-electron chi connectivity index (χ3n) is 4.38. The minimum atomic E-state index is 0.178. The number of amides is 1. The van der Waals surface area contributed by atoms with E-state index in [1.165, 1.54) is 18.2 Å². The molecule has 0 saturated carbocycles. The lowest BCUT2D eigenvalue weighted by Crippen LogP contribution is -2.48. The number of hydrogen-bond acceptors (Lipinski definition) is 5. The Labute approximate surface area is 140 Å². The lowest BCUT2D eigenvalue weighted by Gasteiger charge is -2.39. The quantitative estimate of drug-likeness (QED) is 0.804. The monoisotopic (exact) mass is 334 g/mol. The molecule has 0 bridgehead atoms. The highest BCUT2D eigenvalue weighted by atomic mass is 32.2. The van der Waals surface area contributed by atoms with Crippen LogP contribution in [0.1, 0.15) is 33.1 Å². The number of carbonyl (C=O) groups is 1. The number of thioether (sulfide) groups is 1. The number of aromatic nitrogens is 3. The molecular formula is C16H22N4O2S. The third kappa shape index (κ3) is 3.29. The second kappa shape index (κ2) is 6.78. The van der Waals surface area contributed by atoms with Crippen LogP contribution in [-0.2, 0) is 11.8 Å². The van der Waals surface area contributed by atoms with Crippen molar-refractivity contribution in [3.8, 4) is 11.6 Å². The molecule has 1 fully saturated rings. The van der Waals surface area contributed by atoms with Gasteiger partial charge in [0.25, 0.3) is 0 Å². The Morgan fingerprint density at radius 2 is 2.09 bits per heavy atom. The van der Waals surface area contributed by atoms with Gasteiger partial charge in [-0.05, 0) is 45.2 Å². The predicted octanol–water partition coefficient (Wildman–Crippen LogP) is 2.96. The molecule has 2 aromatic heterocycles. The van der Waals surface area contributed by atoms with Crippen molar-refractivity contribution in [2.24, 2.45) is 7.05 Å². The van der Waals surface area contributed by atoms with Crippen molar-refractivity contribution in [2.45, 2.75) is 50.4 Å². The molecule has 0 spiro atoms. The van der Waals surface area contributed by atoms with Gasteiger partial charge < -0.3 is 13.9 Å². The molecule has 3 rings (SSSR count). The summed E-state index contributed by atoms with van der Waals surface area (Å²) >= 11 is 1.43. The number of likely N-dealkylation sites (tertiary alicyclic amines) is 1. The molecule has 2 atom stereocenters. The molecule has 1 amide bonds. The number of hydrogen-bond donors (Lipinski definition) is 0. The minimum absolute atomic E-state index is 0.178. The van der Waals surface area contributed by atoms with E-state index in [9.17, 15) is 4.79 Å². The summed E-state index contributed by atoms with van der Waals surface area (Å²) in [6.45, 7) is 4.27. The molecule has 1 saturated heterocycles. The number of rotatable bonds is 4. The second-order valence-corrected chi connectivity index (χ2v) is 7.00. The van der Waals surface area contributed by atoms with Crippen LogP contribution in [0.15, 0.2) is 28.0 Å². The van der Waals surface area contributed by atoms with Crippen LogP contribution in [0, 0.1) is 0 Å². The summed E-state index contributed by atoms with van der Waals surface area (Å²) in [7, 11) is 1.89. The maximum Gasteiger partial charge on any atom is 0.233 e. The van der Waals surface area contributed by atoms with Crippen LogP contribution in [0.3, 0.4) is 0 Å². The SMILES string of the molecule is C[C@H]1CCC[C@H](C)N1C(=O)CSc1nnc(-c2ccco2)n1C.